The van der Waals surface area contributed by atoms with Gasteiger partial charge in [0.25, 0.3) is 0 Å². The molecule has 0 atom stereocenters. The first kappa shape index (κ1) is 17.5. The van der Waals surface area contributed by atoms with E-state index in [2.05, 4.69) is 25.3 Å². The summed E-state index contributed by atoms with van der Waals surface area (Å²) >= 11 is 0. The molecule has 0 bridgehead atoms. The molecule has 1 aliphatic rings. The van der Waals surface area contributed by atoms with Crippen LogP contribution in [-0.4, -0.2) is 38.7 Å². The minimum absolute atomic E-state index is 0.119. The Hall–Kier alpha value is -2.96. The second kappa shape index (κ2) is 7.73. The van der Waals surface area contributed by atoms with Crippen LogP contribution >= 0.6 is 0 Å². The molecule has 1 aromatic carbocycles. The molecule has 0 radical (unpaired) electrons. The number of carbonyl (C=O) groups excluding carboxylic acids is 1. The number of hydrogen-bond donors (Lipinski definition) is 1. The van der Waals surface area contributed by atoms with Crippen LogP contribution in [0.4, 0.5) is 11.5 Å². The Kier molecular flexibility index (Phi) is 5.00. The number of anilines is 2. The Labute approximate surface area is 158 Å². The molecule has 1 amide bonds. The maximum Gasteiger partial charge on any atom is 0.246 e. The molecule has 2 aromatic heterocycles. The van der Waals surface area contributed by atoms with E-state index in [0.717, 1.165) is 35.5 Å². The molecule has 7 heteroatoms. The fourth-order valence-electron chi connectivity index (χ4n) is 3.57. The van der Waals surface area contributed by atoms with Crippen molar-refractivity contribution >= 4 is 28.4 Å². The van der Waals surface area contributed by atoms with E-state index in [-0.39, 0.29) is 12.5 Å². The van der Waals surface area contributed by atoms with Crippen molar-refractivity contribution < 1.29 is 4.79 Å². The normalized spacial score (nSPS) is 14.9. The van der Waals surface area contributed by atoms with Crippen LogP contribution in [0.2, 0.25) is 0 Å². The quantitative estimate of drug-likeness (QED) is 0.770. The summed E-state index contributed by atoms with van der Waals surface area (Å²) in [5.41, 5.74) is 2.55. The number of amides is 1. The molecule has 0 saturated carbocycles. The fraction of sp³-hybridized carbons (Fsp3) is 0.400. The van der Waals surface area contributed by atoms with Crippen molar-refractivity contribution in [2.24, 2.45) is 0 Å². The van der Waals surface area contributed by atoms with Gasteiger partial charge in [0, 0.05) is 18.8 Å². The molecule has 4 rings (SSSR count). The van der Waals surface area contributed by atoms with Crippen LogP contribution in [0.5, 0.6) is 0 Å². The van der Waals surface area contributed by atoms with Crippen molar-refractivity contribution in [2.45, 2.75) is 39.2 Å². The molecule has 7 nitrogen and oxygen atoms in total. The summed E-state index contributed by atoms with van der Waals surface area (Å²) in [6.07, 6.45) is 8.24. The first-order valence-electron chi connectivity index (χ1n) is 9.49. The SMILES string of the molecule is Cc1ccccc1NC(=O)Cn1ncc2c(N3CCCCCC3)ncnc21. The monoisotopic (exact) mass is 364 g/mol. The number of hydrogen-bond acceptors (Lipinski definition) is 5. The molecular weight excluding hydrogens is 340 g/mol. The van der Waals surface area contributed by atoms with Gasteiger partial charge in [0.2, 0.25) is 5.91 Å². The number of nitrogens with zero attached hydrogens (tertiary/aromatic N) is 5. The van der Waals surface area contributed by atoms with Crippen molar-refractivity contribution in [3.8, 4) is 0 Å². The van der Waals surface area contributed by atoms with Gasteiger partial charge in [0.15, 0.2) is 5.65 Å². The minimum atomic E-state index is -0.121. The maximum atomic E-state index is 12.5. The van der Waals surface area contributed by atoms with E-state index in [1.807, 2.05) is 31.2 Å². The largest absolute Gasteiger partial charge is 0.356 e. The van der Waals surface area contributed by atoms with Crippen LogP contribution in [0.1, 0.15) is 31.2 Å². The van der Waals surface area contributed by atoms with Crippen LogP contribution in [0.25, 0.3) is 11.0 Å². The molecule has 0 unspecified atom stereocenters. The molecule has 1 N–H and O–H groups in total. The molecule has 1 saturated heterocycles. The number of carbonyl (C=O) groups is 1. The van der Waals surface area contributed by atoms with E-state index >= 15 is 0 Å². The Bertz CT molecular complexity index is 943. The Balaban J connectivity index is 1.55. The zero-order chi connectivity index (χ0) is 18.6. The molecule has 0 aliphatic carbocycles. The second-order valence-corrected chi connectivity index (χ2v) is 7.00. The highest BCUT2D eigenvalue weighted by atomic mass is 16.2. The Morgan fingerprint density at radius 3 is 2.67 bits per heavy atom. The number of nitrogens with one attached hydrogen (secondary N) is 1. The van der Waals surface area contributed by atoms with Gasteiger partial charge >= 0.3 is 0 Å². The van der Waals surface area contributed by atoms with Gasteiger partial charge in [0.05, 0.1) is 11.6 Å². The van der Waals surface area contributed by atoms with E-state index in [1.165, 1.54) is 25.7 Å². The Morgan fingerprint density at radius 2 is 1.89 bits per heavy atom. The first-order chi connectivity index (χ1) is 13.2. The molecular formula is C20H24N6O. The number of rotatable bonds is 4. The summed E-state index contributed by atoms with van der Waals surface area (Å²) in [4.78, 5) is 23.7. The van der Waals surface area contributed by atoms with E-state index < -0.39 is 0 Å². The lowest BCUT2D eigenvalue weighted by atomic mass is 10.2. The summed E-state index contributed by atoms with van der Waals surface area (Å²) in [6.45, 7) is 4.10. The van der Waals surface area contributed by atoms with Crippen LogP contribution < -0.4 is 10.2 Å². The molecule has 0 spiro atoms. The van der Waals surface area contributed by atoms with Gasteiger partial charge in [-0.25, -0.2) is 14.6 Å². The number of aryl methyl sites for hydroxylation is 1. The summed E-state index contributed by atoms with van der Waals surface area (Å²) < 4.78 is 1.64. The van der Waals surface area contributed by atoms with Gasteiger partial charge in [0.1, 0.15) is 18.7 Å². The van der Waals surface area contributed by atoms with Crippen molar-refractivity contribution in [2.75, 3.05) is 23.3 Å². The predicted molar refractivity (Wildman–Crippen MR) is 106 cm³/mol. The number of fused-ring (bicyclic) bond motifs is 1. The number of para-hydroxylation sites is 1. The minimum Gasteiger partial charge on any atom is -0.356 e. The lowest BCUT2D eigenvalue weighted by Crippen LogP contribution is -2.25. The van der Waals surface area contributed by atoms with Crippen LogP contribution in [-0.2, 0) is 11.3 Å². The van der Waals surface area contributed by atoms with Crippen LogP contribution in [0.15, 0.2) is 36.8 Å². The zero-order valence-corrected chi connectivity index (χ0v) is 15.6. The smallest absolute Gasteiger partial charge is 0.246 e. The summed E-state index contributed by atoms with van der Waals surface area (Å²) in [7, 11) is 0. The second-order valence-electron chi connectivity index (χ2n) is 7.00. The van der Waals surface area contributed by atoms with Crippen LogP contribution in [0.3, 0.4) is 0 Å². The lowest BCUT2D eigenvalue weighted by Gasteiger charge is -2.21. The lowest BCUT2D eigenvalue weighted by molar-refractivity contribution is -0.116. The Morgan fingerprint density at radius 1 is 1.11 bits per heavy atom. The van der Waals surface area contributed by atoms with Crippen molar-refractivity contribution in [3.05, 3.63) is 42.4 Å². The number of aromatic nitrogens is 4. The molecule has 3 heterocycles. The third-order valence-corrected chi connectivity index (χ3v) is 5.03. The van der Waals surface area contributed by atoms with Gasteiger partial charge in [-0.2, -0.15) is 5.10 Å². The average Bonchev–Trinajstić information content (AvgIpc) is 2.90. The highest BCUT2D eigenvalue weighted by molar-refractivity contribution is 5.93. The van der Waals surface area contributed by atoms with Gasteiger partial charge in [-0.3, -0.25) is 4.79 Å². The fourth-order valence-corrected chi connectivity index (χ4v) is 3.57. The van der Waals surface area contributed by atoms with E-state index in [1.54, 1.807) is 17.2 Å². The van der Waals surface area contributed by atoms with Crippen LogP contribution in [0, 0.1) is 6.92 Å². The summed E-state index contributed by atoms with van der Waals surface area (Å²) in [5, 5.41) is 8.26. The molecule has 140 valence electrons. The third-order valence-electron chi connectivity index (χ3n) is 5.03. The molecule has 1 aliphatic heterocycles. The highest BCUT2D eigenvalue weighted by Gasteiger charge is 2.18. The van der Waals surface area contributed by atoms with Crippen molar-refractivity contribution in [3.63, 3.8) is 0 Å². The topological polar surface area (TPSA) is 75.9 Å². The van der Waals surface area contributed by atoms with Gasteiger partial charge in [-0.1, -0.05) is 31.0 Å². The van der Waals surface area contributed by atoms with E-state index in [4.69, 9.17) is 0 Å². The third kappa shape index (κ3) is 3.77. The zero-order valence-electron chi connectivity index (χ0n) is 15.6. The first-order valence-corrected chi connectivity index (χ1v) is 9.49. The summed E-state index contributed by atoms with van der Waals surface area (Å²) in [5.74, 6) is 0.802. The number of benzene rings is 1. The summed E-state index contributed by atoms with van der Waals surface area (Å²) in [6, 6.07) is 7.73. The van der Waals surface area contributed by atoms with Crippen molar-refractivity contribution in [1.82, 2.24) is 19.7 Å². The standard InChI is InChI=1S/C20H24N6O/c1-15-8-4-5-9-17(15)24-18(27)13-26-20-16(12-23-26)19(21-14-22-20)25-10-6-2-3-7-11-25/h4-5,8-9,12,14H,2-3,6-7,10-11,13H2,1H3,(H,24,27). The predicted octanol–water partition coefficient (Wildman–Crippen LogP) is 3.15. The average molecular weight is 364 g/mol. The van der Waals surface area contributed by atoms with Gasteiger partial charge < -0.3 is 10.2 Å². The molecule has 27 heavy (non-hydrogen) atoms. The van der Waals surface area contributed by atoms with Gasteiger partial charge in [-0.15, -0.1) is 0 Å². The molecule has 3 aromatic rings. The van der Waals surface area contributed by atoms with E-state index in [0.29, 0.717) is 5.65 Å². The van der Waals surface area contributed by atoms with Crippen molar-refractivity contribution in [1.29, 1.82) is 0 Å². The molecule has 1 fully saturated rings. The highest BCUT2D eigenvalue weighted by Crippen LogP contribution is 2.25. The van der Waals surface area contributed by atoms with Gasteiger partial charge in [-0.05, 0) is 31.4 Å². The van der Waals surface area contributed by atoms with E-state index in [9.17, 15) is 4.79 Å². The maximum absolute atomic E-state index is 12.5.